The smallest absolute Gasteiger partial charge is 0.231 e. The summed E-state index contributed by atoms with van der Waals surface area (Å²) in [5.41, 5.74) is 6.20. The zero-order chi connectivity index (χ0) is 12.4. The molecule has 1 unspecified atom stereocenters. The van der Waals surface area contributed by atoms with Gasteiger partial charge in [-0.1, -0.05) is 12.1 Å². The monoisotopic (exact) mass is 299 g/mol. The maximum atomic E-state index is 13.1. The van der Waals surface area contributed by atoms with E-state index >= 15 is 0 Å². The Balaban J connectivity index is 2.33. The van der Waals surface area contributed by atoms with Gasteiger partial charge in [-0.2, -0.15) is 4.98 Å². The standard InChI is InChI=1S/C11H11BrFN3O/c1-6(5-14)11-15-10(16-17-11)7-2-3-9(13)8(12)4-7/h2-4,6H,5,14H2,1H3. The summed E-state index contributed by atoms with van der Waals surface area (Å²) in [5.74, 6) is 0.608. The highest BCUT2D eigenvalue weighted by molar-refractivity contribution is 9.10. The molecule has 0 fully saturated rings. The van der Waals surface area contributed by atoms with E-state index in [0.29, 0.717) is 28.3 Å². The summed E-state index contributed by atoms with van der Waals surface area (Å²) in [6.45, 7) is 2.34. The maximum Gasteiger partial charge on any atom is 0.231 e. The van der Waals surface area contributed by atoms with Crippen LogP contribution in [0, 0.1) is 5.82 Å². The number of halogens is 2. The number of hydrogen-bond donors (Lipinski definition) is 1. The molecule has 0 amide bonds. The van der Waals surface area contributed by atoms with E-state index in [0.717, 1.165) is 0 Å². The number of nitrogens with two attached hydrogens (primary N) is 1. The number of benzene rings is 1. The molecular weight excluding hydrogens is 289 g/mol. The minimum atomic E-state index is -0.326. The predicted octanol–water partition coefficient (Wildman–Crippen LogP) is 2.70. The highest BCUT2D eigenvalue weighted by atomic mass is 79.9. The molecule has 0 aliphatic rings. The molecular formula is C11H11BrFN3O. The normalized spacial score (nSPS) is 12.7. The third-order valence-corrected chi connectivity index (χ3v) is 3.00. The van der Waals surface area contributed by atoms with E-state index in [-0.39, 0.29) is 11.7 Å². The summed E-state index contributed by atoms with van der Waals surface area (Å²) >= 11 is 3.11. The molecule has 0 radical (unpaired) electrons. The SMILES string of the molecule is CC(CN)c1nc(-c2ccc(F)c(Br)c2)no1. The first-order valence-electron chi connectivity index (χ1n) is 5.11. The number of rotatable bonds is 3. The lowest BCUT2D eigenvalue weighted by Crippen LogP contribution is -2.08. The van der Waals surface area contributed by atoms with Crippen LogP contribution in [0.1, 0.15) is 18.7 Å². The van der Waals surface area contributed by atoms with Gasteiger partial charge in [0.15, 0.2) is 0 Å². The molecule has 4 nitrogen and oxygen atoms in total. The van der Waals surface area contributed by atoms with E-state index in [9.17, 15) is 4.39 Å². The molecule has 2 N–H and O–H groups in total. The Morgan fingerprint density at radius 2 is 2.29 bits per heavy atom. The summed E-state index contributed by atoms with van der Waals surface area (Å²) in [6, 6.07) is 4.56. The van der Waals surface area contributed by atoms with Crippen molar-refractivity contribution >= 4 is 15.9 Å². The number of aromatic nitrogens is 2. The fourth-order valence-electron chi connectivity index (χ4n) is 1.29. The quantitative estimate of drug-likeness (QED) is 0.946. The zero-order valence-electron chi connectivity index (χ0n) is 9.15. The number of nitrogens with zero attached hydrogens (tertiary/aromatic N) is 2. The van der Waals surface area contributed by atoms with E-state index in [1.807, 2.05) is 6.92 Å². The van der Waals surface area contributed by atoms with Crippen LogP contribution >= 0.6 is 15.9 Å². The second-order valence-electron chi connectivity index (χ2n) is 3.72. The topological polar surface area (TPSA) is 64.9 Å². The van der Waals surface area contributed by atoms with Crippen molar-refractivity contribution in [2.75, 3.05) is 6.54 Å². The van der Waals surface area contributed by atoms with Gasteiger partial charge in [-0.15, -0.1) is 0 Å². The molecule has 17 heavy (non-hydrogen) atoms. The van der Waals surface area contributed by atoms with Crippen LogP contribution in [0.25, 0.3) is 11.4 Å². The minimum absolute atomic E-state index is 0.0140. The van der Waals surface area contributed by atoms with Crippen LogP contribution in [0.15, 0.2) is 27.2 Å². The lowest BCUT2D eigenvalue weighted by molar-refractivity contribution is 0.361. The summed E-state index contributed by atoms with van der Waals surface area (Å²) in [5, 5.41) is 3.84. The average molecular weight is 300 g/mol. The highest BCUT2D eigenvalue weighted by Gasteiger charge is 2.14. The summed E-state index contributed by atoms with van der Waals surface area (Å²) < 4.78 is 18.5. The molecule has 1 heterocycles. The molecule has 0 saturated heterocycles. The summed E-state index contributed by atoms with van der Waals surface area (Å²) in [7, 11) is 0. The van der Waals surface area contributed by atoms with Gasteiger partial charge in [0, 0.05) is 18.0 Å². The van der Waals surface area contributed by atoms with Crippen LogP contribution in [-0.4, -0.2) is 16.7 Å². The van der Waals surface area contributed by atoms with Crippen molar-refractivity contribution in [2.45, 2.75) is 12.8 Å². The highest BCUT2D eigenvalue weighted by Crippen LogP contribution is 2.24. The lowest BCUT2D eigenvalue weighted by atomic mass is 10.2. The van der Waals surface area contributed by atoms with Crippen molar-refractivity contribution in [3.05, 3.63) is 34.4 Å². The van der Waals surface area contributed by atoms with Gasteiger partial charge in [0.25, 0.3) is 0 Å². The molecule has 1 aromatic carbocycles. The van der Waals surface area contributed by atoms with E-state index in [1.54, 1.807) is 12.1 Å². The van der Waals surface area contributed by atoms with Crippen molar-refractivity contribution in [3.63, 3.8) is 0 Å². The second-order valence-corrected chi connectivity index (χ2v) is 4.58. The Bertz CT molecular complexity index is 529. The Morgan fingerprint density at radius 3 is 2.94 bits per heavy atom. The molecule has 2 aromatic rings. The predicted molar refractivity (Wildman–Crippen MR) is 64.9 cm³/mol. The largest absolute Gasteiger partial charge is 0.339 e. The maximum absolute atomic E-state index is 13.1. The summed E-state index contributed by atoms with van der Waals surface area (Å²) in [4.78, 5) is 4.22. The van der Waals surface area contributed by atoms with Crippen molar-refractivity contribution in [3.8, 4) is 11.4 Å². The Kier molecular flexibility index (Phi) is 3.54. The lowest BCUT2D eigenvalue weighted by Gasteiger charge is -1.99. The number of hydrogen-bond acceptors (Lipinski definition) is 4. The second kappa shape index (κ2) is 4.93. The van der Waals surface area contributed by atoms with Crippen LogP contribution < -0.4 is 5.73 Å². The van der Waals surface area contributed by atoms with Crippen LogP contribution in [0.4, 0.5) is 4.39 Å². The van der Waals surface area contributed by atoms with Crippen LogP contribution in [0.2, 0.25) is 0 Å². The molecule has 1 aromatic heterocycles. The van der Waals surface area contributed by atoms with Crippen molar-refractivity contribution in [1.29, 1.82) is 0 Å². The third-order valence-electron chi connectivity index (χ3n) is 2.39. The minimum Gasteiger partial charge on any atom is -0.339 e. The van der Waals surface area contributed by atoms with Gasteiger partial charge in [-0.25, -0.2) is 4.39 Å². The van der Waals surface area contributed by atoms with Crippen LogP contribution in [0.5, 0.6) is 0 Å². The molecule has 6 heteroatoms. The van der Waals surface area contributed by atoms with Gasteiger partial charge in [0.2, 0.25) is 11.7 Å². The fraction of sp³-hybridized carbons (Fsp3) is 0.273. The first-order valence-corrected chi connectivity index (χ1v) is 5.90. The van der Waals surface area contributed by atoms with E-state index in [2.05, 4.69) is 26.1 Å². The van der Waals surface area contributed by atoms with Gasteiger partial charge in [-0.3, -0.25) is 0 Å². The van der Waals surface area contributed by atoms with Crippen molar-refractivity contribution < 1.29 is 8.91 Å². The van der Waals surface area contributed by atoms with E-state index in [4.69, 9.17) is 10.3 Å². The Hall–Kier alpha value is -1.27. The first kappa shape index (κ1) is 12.2. The van der Waals surface area contributed by atoms with E-state index < -0.39 is 0 Å². The summed E-state index contributed by atoms with van der Waals surface area (Å²) in [6.07, 6.45) is 0. The first-order chi connectivity index (χ1) is 8.11. The molecule has 0 spiro atoms. The Labute approximate surface area is 106 Å². The third kappa shape index (κ3) is 2.53. The zero-order valence-corrected chi connectivity index (χ0v) is 10.7. The van der Waals surface area contributed by atoms with Gasteiger partial charge < -0.3 is 10.3 Å². The molecule has 0 aliphatic heterocycles. The average Bonchev–Trinajstić information content (AvgIpc) is 2.81. The molecule has 0 bridgehead atoms. The van der Waals surface area contributed by atoms with E-state index in [1.165, 1.54) is 6.07 Å². The molecule has 2 rings (SSSR count). The molecule has 0 aliphatic carbocycles. The fourth-order valence-corrected chi connectivity index (χ4v) is 1.67. The van der Waals surface area contributed by atoms with Crippen LogP contribution in [0.3, 0.4) is 0 Å². The van der Waals surface area contributed by atoms with Gasteiger partial charge in [0.05, 0.1) is 4.47 Å². The molecule has 90 valence electrons. The molecule has 1 atom stereocenters. The van der Waals surface area contributed by atoms with Crippen LogP contribution in [-0.2, 0) is 0 Å². The van der Waals surface area contributed by atoms with Crippen molar-refractivity contribution in [1.82, 2.24) is 10.1 Å². The van der Waals surface area contributed by atoms with Crippen molar-refractivity contribution in [2.24, 2.45) is 5.73 Å². The van der Waals surface area contributed by atoms with Gasteiger partial charge in [0.1, 0.15) is 5.82 Å². The van der Waals surface area contributed by atoms with Gasteiger partial charge >= 0.3 is 0 Å². The molecule has 0 saturated carbocycles. The van der Waals surface area contributed by atoms with Gasteiger partial charge in [-0.05, 0) is 34.1 Å². The Morgan fingerprint density at radius 1 is 1.53 bits per heavy atom.